The van der Waals surface area contributed by atoms with Crippen molar-refractivity contribution < 1.29 is 13.2 Å². The Bertz CT molecular complexity index is 836. The van der Waals surface area contributed by atoms with E-state index in [9.17, 15) is 18.5 Å². The van der Waals surface area contributed by atoms with Crippen molar-refractivity contribution in [2.75, 3.05) is 11.0 Å². The summed E-state index contributed by atoms with van der Waals surface area (Å²) in [6.07, 6.45) is 5.83. The molecular weight excluding hydrogens is 406 g/mol. The molecule has 0 spiro atoms. The molecule has 0 radical (unpaired) electrons. The zero-order chi connectivity index (χ0) is 18.3. The molecule has 1 aromatic carbocycles. The van der Waals surface area contributed by atoms with Gasteiger partial charge in [0.25, 0.3) is 5.91 Å². The van der Waals surface area contributed by atoms with Crippen molar-refractivity contribution in [3.63, 3.8) is 0 Å². The van der Waals surface area contributed by atoms with Gasteiger partial charge in [-0.05, 0) is 56.7 Å². The normalized spacial score (nSPS) is 28.2. The van der Waals surface area contributed by atoms with Crippen LogP contribution in [0.15, 0.2) is 22.7 Å². The third-order valence-corrected chi connectivity index (χ3v) is 6.47. The van der Waals surface area contributed by atoms with E-state index in [-0.39, 0.29) is 22.5 Å². The fraction of sp³-hybridized carbons (Fsp3) is 0.529. The highest BCUT2D eigenvalue weighted by Gasteiger charge is 2.49. The standard InChI is InChI=1S/C17H20BrN3O3S/c1-25(23,24)21-14-10-12(18)2-3-13(14)15(22)20-17-7-4-16(11-19,5-8-17)6-9-17/h2-3,10,21H,4-9H2,1H3,(H,20,22). The quantitative estimate of drug-likeness (QED) is 0.773. The lowest BCUT2D eigenvalue weighted by Gasteiger charge is -2.50. The van der Waals surface area contributed by atoms with Gasteiger partial charge in [-0.15, -0.1) is 0 Å². The highest BCUT2D eigenvalue weighted by atomic mass is 79.9. The van der Waals surface area contributed by atoms with E-state index in [1.54, 1.807) is 18.2 Å². The van der Waals surface area contributed by atoms with Crippen molar-refractivity contribution in [3.05, 3.63) is 28.2 Å². The SMILES string of the molecule is CS(=O)(=O)Nc1cc(Br)ccc1C(=O)NC12CCC(C#N)(CC1)CC2. The van der Waals surface area contributed by atoms with Crippen LogP contribution in [0, 0.1) is 16.7 Å². The van der Waals surface area contributed by atoms with Crippen LogP contribution in [0.25, 0.3) is 0 Å². The number of hydrogen-bond acceptors (Lipinski definition) is 4. The van der Waals surface area contributed by atoms with Crippen LogP contribution in [0.5, 0.6) is 0 Å². The Labute approximate surface area is 156 Å². The summed E-state index contributed by atoms with van der Waals surface area (Å²) < 4.78 is 26.2. The smallest absolute Gasteiger partial charge is 0.253 e. The van der Waals surface area contributed by atoms with Crippen LogP contribution in [-0.4, -0.2) is 26.1 Å². The summed E-state index contributed by atoms with van der Waals surface area (Å²) in [4.78, 5) is 12.8. The first-order valence-corrected chi connectivity index (χ1v) is 10.9. The lowest BCUT2D eigenvalue weighted by atomic mass is 9.58. The lowest BCUT2D eigenvalue weighted by Crippen LogP contribution is -2.56. The number of nitrogens with one attached hydrogen (secondary N) is 2. The highest BCUT2D eigenvalue weighted by molar-refractivity contribution is 9.10. The first kappa shape index (κ1) is 18.2. The first-order valence-electron chi connectivity index (χ1n) is 8.17. The topological polar surface area (TPSA) is 99.1 Å². The molecule has 2 bridgehead atoms. The number of hydrogen-bond donors (Lipinski definition) is 2. The number of benzene rings is 1. The molecule has 3 aliphatic carbocycles. The minimum Gasteiger partial charge on any atom is -0.347 e. The monoisotopic (exact) mass is 425 g/mol. The average molecular weight is 426 g/mol. The zero-order valence-electron chi connectivity index (χ0n) is 13.9. The van der Waals surface area contributed by atoms with Crippen molar-refractivity contribution in [2.24, 2.45) is 5.41 Å². The minimum atomic E-state index is -3.49. The summed E-state index contributed by atoms with van der Waals surface area (Å²) in [6, 6.07) is 7.35. The molecule has 8 heteroatoms. The molecule has 3 saturated carbocycles. The number of sulfonamides is 1. The molecular formula is C17H20BrN3O3S. The van der Waals surface area contributed by atoms with Crippen LogP contribution in [0.1, 0.15) is 48.9 Å². The van der Waals surface area contributed by atoms with Gasteiger partial charge in [0.1, 0.15) is 0 Å². The molecule has 0 aromatic heterocycles. The van der Waals surface area contributed by atoms with Crippen LogP contribution >= 0.6 is 15.9 Å². The molecule has 0 aliphatic heterocycles. The summed E-state index contributed by atoms with van der Waals surface area (Å²) >= 11 is 3.30. The third-order valence-electron chi connectivity index (χ3n) is 5.38. The van der Waals surface area contributed by atoms with Crippen molar-refractivity contribution in [2.45, 2.75) is 44.1 Å². The second-order valence-electron chi connectivity index (χ2n) is 7.19. The van der Waals surface area contributed by atoms with Crippen molar-refractivity contribution >= 4 is 37.5 Å². The summed E-state index contributed by atoms with van der Waals surface area (Å²) in [5, 5.41) is 12.5. The number of amides is 1. The summed E-state index contributed by atoms with van der Waals surface area (Å²) in [6.45, 7) is 0. The van der Waals surface area contributed by atoms with Gasteiger partial charge in [0.15, 0.2) is 0 Å². The Morgan fingerprint density at radius 1 is 1.20 bits per heavy atom. The summed E-state index contributed by atoms with van der Waals surface area (Å²) in [5.74, 6) is -0.287. The maximum absolute atomic E-state index is 12.8. The molecule has 2 N–H and O–H groups in total. The van der Waals surface area contributed by atoms with E-state index in [0.29, 0.717) is 10.0 Å². The van der Waals surface area contributed by atoms with Gasteiger partial charge in [-0.1, -0.05) is 15.9 Å². The Morgan fingerprint density at radius 2 is 1.80 bits per heavy atom. The molecule has 3 fully saturated rings. The Hall–Kier alpha value is -1.59. The van der Waals surface area contributed by atoms with Gasteiger partial charge in [0.05, 0.1) is 29.0 Å². The summed E-state index contributed by atoms with van der Waals surface area (Å²) in [5.41, 5.74) is 0.0486. The van der Waals surface area contributed by atoms with Gasteiger partial charge in [-0.25, -0.2) is 8.42 Å². The number of nitriles is 1. The van der Waals surface area contributed by atoms with E-state index in [0.717, 1.165) is 44.8 Å². The van der Waals surface area contributed by atoms with Crippen LogP contribution in [-0.2, 0) is 10.0 Å². The zero-order valence-corrected chi connectivity index (χ0v) is 16.3. The first-order chi connectivity index (χ1) is 11.7. The van der Waals surface area contributed by atoms with Gasteiger partial charge < -0.3 is 5.32 Å². The molecule has 0 heterocycles. The lowest BCUT2D eigenvalue weighted by molar-refractivity contribution is 0.0522. The van der Waals surface area contributed by atoms with Gasteiger partial charge in [0.2, 0.25) is 10.0 Å². The number of carbonyl (C=O) groups is 1. The van der Waals surface area contributed by atoms with Crippen LogP contribution in [0.4, 0.5) is 5.69 Å². The molecule has 3 aliphatic rings. The van der Waals surface area contributed by atoms with Gasteiger partial charge in [-0.2, -0.15) is 5.26 Å². The molecule has 25 heavy (non-hydrogen) atoms. The van der Waals surface area contributed by atoms with Gasteiger partial charge in [-0.3, -0.25) is 9.52 Å². The van der Waals surface area contributed by atoms with E-state index in [2.05, 4.69) is 32.0 Å². The Balaban J connectivity index is 1.82. The van der Waals surface area contributed by atoms with Crippen molar-refractivity contribution in [3.8, 4) is 6.07 Å². The Kier molecular flexibility index (Phi) is 4.58. The Morgan fingerprint density at radius 3 is 2.32 bits per heavy atom. The largest absolute Gasteiger partial charge is 0.347 e. The van der Waals surface area contributed by atoms with Crippen molar-refractivity contribution in [1.82, 2.24) is 5.32 Å². The van der Waals surface area contributed by atoms with Gasteiger partial charge in [0, 0.05) is 10.0 Å². The van der Waals surface area contributed by atoms with Crippen LogP contribution in [0.2, 0.25) is 0 Å². The molecule has 4 rings (SSSR count). The predicted octanol–water partition coefficient (Wildman–Crippen LogP) is 3.17. The van der Waals surface area contributed by atoms with E-state index in [4.69, 9.17) is 0 Å². The maximum Gasteiger partial charge on any atom is 0.253 e. The number of rotatable bonds is 4. The molecule has 1 amide bonds. The highest BCUT2D eigenvalue weighted by Crippen LogP contribution is 2.52. The second kappa shape index (κ2) is 6.29. The second-order valence-corrected chi connectivity index (χ2v) is 9.85. The minimum absolute atomic E-state index is 0.215. The number of anilines is 1. The summed E-state index contributed by atoms with van der Waals surface area (Å²) in [7, 11) is -3.49. The number of carbonyl (C=O) groups excluding carboxylic acids is 1. The van der Waals surface area contributed by atoms with E-state index in [1.807, 2.05) is 0 Å². The van der Waals surface area contributed by atoms with Gasteiger partial charge >= 0.3 is 0 Å². The van der Waals surface area contributed by atoms with Crippen LogP contribution < -0.4 is 10.0 Å². The third kappa shape index (κ3) is 3.82. The maximum atomic E-state index is 12.8. The number of fused-ring (bicyclic) bond motifs is 3. The van der Waals surface area contributed by atoms with Crippen LogP contribution in [0.3, 0.4) is 0 Å². The average Bonchev–Trinajstić information content (AvgIpc) is 2.55. The number of nitrogens with zero attached hydrogens (tertiary/aromatic N) is 1. The molecule has 6 nitrogen and oxygen atoms in total. The van der Waals surface area contributed by atoms with E-state index < -0.39 is 10.0 Å². The fourth-order valence-electron chi connectivity index (χ4n) is 3.85. The molecule has 0 atom stereocenters. The van der Waals surface area contributed by atoms with E-state index in [1.165, 1.54) is 0 Å². The van der Waals surface area contributed by atoms with E-state index >= 15 is 0 Å². The molecule has 0 saturated heterocycles. The van der Waals surface area contributed by atoms with Crippen molar-refractivity contribution in [1.29, 1.82) is 5.26 Å². The number of halogens is 1. The molecule has 0 unspecified atom stereocenters. The predicted molar refractivity (Wildman–Crippen MR) is 98.6 cm³/mol. The molecule has 134 valence electrons. The fourth-order valence-corrected chi connectivity index (χ4v) is 4.78. The molecule has 1 aromatic rings.